The largest absolute Gasteiger partial charge is 0.481 e. The van der Waals surface area contributed by atoms with E-state index in [1.165, 1.54) is 12.1 Å². The maximum absolute atomic E-state index is 13.4. The highest BCUT2D eigenvalue weighted by Gasteiger charge is 2.29. The van der Waals surface area contributed by atoms with Crippen molar-refractivity contribution in [3.63, 3.8) is 0 Å². The first-order valence-electron chi connectivity index (χ1n) is 6.66. The number of carbonyl (C=O) groups is 1. The van der Waals surface area contributed by atoms with Gasteiger partial charge >= 0.3 is 5.97 Å². The van der Waals surface area contributed by atoms with Gasteiger partial charge in [-0.3, -0.25) is 9.69 Å². The Morgan fingerprint density at radius 1 is 1.55 bits per heavy atom. The molecule has 2 unspecified atom stereocenters. The predicted octanol–water partition coefficient (Wildman–Crippen LogP) is 2.38. The minimum absolute atomic E-state index is 0.138. The molecule has 0 spiro atoms. The van der Waals surface area contributed by atoms with Gasteiger partial charge in [-0.05, 0) is 50.1 Å². The molecule has 0 amide bonds. The van der Waals surface area contributed by atoms with Crippen molar-refractivity contribution in [2.24, 2.45) is 5.92 Å². The number of halogens is 1. The van der Waals surface area contributed by atoms with Crippen LogP contribution in [0.5, 0.6) is 0 Å². The van der Waals surface area contributed by atoms with Crippen molar-refractivity contribution in [1.82, 2.24) is 4.90 Å². The van der Waals surface area contributed by atoms with Crippen LogP contribution in [0.3, 0.4) is 0 Å². The standard InChI is InChI=1S/C15H17FN2O2/c1-10-4-13(15(19)20)2-3-18(10)9-12-5-11(8-17)6-14(16)7-12/h5-7,10,13H,2-4,9H2,1H3,(H,19,20). The number of aliphatic carboxylic acids is 1. The van der Waals surface area contributed by atoms with Crippen LogP contribution in [0.1, 0.15) is 30.9 Å². The number of hydrogen-bond donors (Lipinski definition) is 1. The fraction of sp³-hybridized carbons (Fsp3) is 0.467. The summed E-state index contributed by atoms with van der Waals surface area (Å²) in [6.07, 6.45) is 1.22. The lowest BCUT2D eigenvalue weighted by molar-refractivity contribution is -0.144. The van der Waals surface area contributed by atoms with E-state index in [-0.39, 0.29) is 12.0 Å². The zero-order valence-corrected chi connectivity index (χ0v) is 11.3. The molecule has 1 aromatic carbocycles. The van der Waals surface area contributed by atoms with Gasteiger partial charge in [-0.1, -0.05) is 0 Å². The number of hydrogen-bond acceptors (Lipinski definition) is 3. The smallest absolute Gasteiger partial charge is 0.306 e. The third-order valence-electron chi connectivity index (χ3n) is 3.84. The van der Waals surface area contributed by atoms with Gasteiger partial charge in [0.1, 0.15) is 5.82 Å². The van der Waals surface area contributed by atoms with E-state index in [4.69, 9.17) is 10.4 Å². The van der Waals surface area contributed by atoms with Crippen molar-refractivity contribution in [3.05, 3.63) is 35.1 Å². The van der Waals surface area contributed by atoms with Crippen molar-refractivity contribution in [2.75, 3.05) is 6.54 Å². The fourth-order valence-corrected chi connectivity index (χ4v) is 2.72. The van der Waals surface area contributed by atoms with Gasteiger partial charge in [0.15, 0.2) is 0 Å². The number of nitriles is 1. The summed E-state index contributed by atoms with van der Waals surface area (Å²) in [7, 11) is 0. The minimum atomic E-state index is -0.742. The number of carboxylic acid groups (broad SMARTS) is 1. The first kappa shape index (κ1) is 14.5. The van der Waals surface area contributed by atoms with E-state index in [2.05, 4.69) is 4.90 Å². The summed E-state index contributed by atoms with van der Waals surface area (Å²) in [6.45, 7) is 3.20. The molecule has 2 atom stereocenters. The van der Waals surface area contributed by atoms with Crippen LogP contribution in [0.4, 0.5) is 4.39 Å². The summed E-state index contributed by atoms with van der Waals surface area (Å²) in [4.78, 5) is 13.1. The molecule has 106 valence electrons. The van der Waals surface area contributed by atoms with Crippen LogP contribution in [0, 0.1) is 23.1 Å². The minimum Gasteiger partial charge on any atom is -0.481 e. The molecule has 5 heteroatoms. The van der Waals surface area contributed by atoms with Crippen LogP contribution in [0.2, 0.25) is 0 Å². The molecule has 1 aliphatic heterocycles. The Kier molecular flexibility index (Phi) is 4.35. The lowest BCUT2D eigenvalue weighted by Gasteiger charge is -2.36. The van der Waals surface area contributed by atoms with Gasteiger partial charge < -0.3 is 5.11 Å². The van der Waals surface area contributed by atoms with Crippen molar-refractivity contribution in [2.45, 2.75) is 32.4 Å². The predicted molar refractivity (Wildman–Crippen MR) is 71.3 cm³/mol. The van der Waals surface area contributed by atoms with Crippen LogP contribution >= 0.6 is 0 Å². The lowest BCUT2D eigenvalue weighted by atomic mass is 9.91. The molecule has 4 nitrogen and oxygen atoms in total. The lowest BCUT2D eigenvalue weighted by Crippen LogP contribution is -2.42. The second-order valence-corrected chi connectivity index (χ2v) is 5.34. The summed E-state index contributed by atoms with van der Waals surface area (Å²) in [5.74, 6) is -1.44. The van der Waals surface area contributed by atoms with E-state index in [0.717, 1.165) is 5.56 Å². The first-order chi connectivity index (χ1) is 9.49. The average molecular weight is 276 g/mol. The summed E-state index contributed by atoms with van der Waals surface area (Å²) in [5, 5.41) is 17.9. The number of likely N-dealkylation sites (tertiary alicyclic amines) is 1. The van der Waals surface area contributed by atoms with Gasteiger partial charge in [-0.25, -0.2) is 4.39 Å². The monoisotopic (exact) mass is 276 g/mol. The molecular formula is C15H17FN2O2. The quantitative estimate of drug-likeness (QED) is 0.920. The highest BCUT2D eigenvalue weighted by atomic mass is 19.1. The van der Waals surface area contributed by atoms with Crippen molar-refractivity contribution in [3.8, 4) is 6.07 Å². The van der Waals surface area contributed by atoms with Gasteiger partial charge in [0.05, 0.1) is 17.6 Å². The Hall–Kier alpha value is -1.93. The topological polar surface area (TPSA) is 64.3 Å². The molecule has 1 saturated heterocycles. The molecule has 1 N–H and O–H groups in total. The highest BCUT2D eigenvalue weighted by Crippen LogP contribution is 2.25. The normalized spacial score (nSPS) is 23.2. The molecule has 1 aromatic rings. The van der Waals surface area contributed by atoms with Gasteiger partial charge in [0.25, 0.3) is 0 Å². The van der Waals surface area contributed by atoms with Gasteiger partial charge in [-0.2, -0.15) is 5.26 Å². The Morgan fingerprint density at radius 2 is 2.30 bits per heavy atom. The van der Waals surface area contributed by atoms with Crippen LogP contribution in [0.25, 0.3) is 0 Å². The van der Waals surface area contributed by atoms with E-state index < -0.39 is 11.8 Å². The Balaban J connectivity index is 2.06. The van der Waals surface area contributed by atoms with Crippen molar-refractivity contribution < 1.29 is 14.3 Å². The Labute approximate surface area is 117 Å². The molecule has 0 aliphatic carbocycles. The summed E-state index contributed by atoms with van der Waals surface area (Å²) >= 11 is 0. The van der Waals surface area contributed by atoms with Gasteiger partial charge in [0, 0.05) is 12.6 Å². The third-order valence-corrected chi connectivity index (χ3v) is 3.84. The van der Waals surface area contributed by atoms with Gasteiger partial charge in [0.2, 0.25) is 0 Å². The zero-order chi connectivity index (χ0) is 14.7. The molecule has 0 bridgehead atoms. The maximum atomic E-state index is 13.4. The van der Waals surface area contributed by atoms with Crippen molar-refractivity contribution in [1.29, 1.82) is 5.26 Å². The number of rotatable bonds is 3. The van der Waals surface area contributed by atoms with Crippen LogP contribution in [0.15, 0.2) is 18.2 Å². The summed E-state index contributed by atoms with van der Waals surface area (Å²) < 4.78 is 13.4. The van der Waals surface area contributed by atoms with E-state index in [9.17, 15) is 9.18 Å². The summed E-state index contributed by atoms with van der Waals surface area (Å²) in [6, 6.07) is 6.40. The third kappa shape index (κ3) is 3.34. The van der Waals surface area contributed by atoms with Crippen LogP contribution < -0.4 is 0 Å². The molecule has 0 aromatic heterocycles. The number of nitrogens with zero attached hydrogens (tertiary/aromatic N) is 2. The Morgan fingerprint density at radius 3 is 2.90 bits per heavy atom. The molecule has 0 radical (unpaired) electrons. The van der Waals surface area contributed by atoms with E-state index in [1.54, 1.807) is 6.07 Å². The highest BCUT2D eigenvalue weighted by molar-refractivity contribution is 5.70. The molecule has 1 aliphatic rings. The SMILES string of the molecule is CC1CC(C(=O)O)CCN1Cc1cc(F)cc(C#N)c1. The molecule has 20 heavy (non-hydrogen) atoms. The molecule has 1 fully saturated rings. The number of carboxylic acids is 1. The molecule has 2 rings (SSSR count). The van der Waals surface area contributed by atoms with E-state index in [1.807, 2.05) is 13.0 Å². The van der Waals surface area contributed by atoms with Crippen LogP contribution in [-0.4, -0.2) is 28.6 Å². The zero-order valence-electron chi connectivity index (χ0n) is 11.3. The molecule has 0 saturated carbocycles. The second kappa shape index (κ2) is 6.02. The summed E-state index contributed by atoms with van der Waals surface area (Å²) in [5.41, 5.74) is 1.07. The second-order valence-electron chi connectivity index (χ2n) is 5.34. The van der Waals surface area contributed by atoms with Crippen LogP contribution in [-0.2, 0) is 11.3 Å². The van der Waals surface area contributed by atoms with Gasteiger partial charge in [-0.15, -0.1) is 0 Å². The van der Waals surface area contributed by atoms with E-state index >= 15 is 0 Å². The average Bonchev–Trinajstić information content (AvgIpc) is 2.40. The molecular weight excluding hydrogens is 259 g/mol. The van der Waals surface area contributed by atoms with E-state index in [0.29, 0.717) is 31.5 Å². The maximum Gasteiger partial charge on any atom is 0.306 e. The fourth-order valence-electron chi connectivity index (χ4n) is 2.72. The van der Waals surface area contributed by atoms with Crippen molar-refractivity contribution >= 4 is 5.97 Å². The molecule has 1 heterocycles. The first-order valence-corrected chi connectivity index (χ1v) is 6.66. The number of benzene rings is 1. The Bertz CT molecular complexity index is 553. The number of piperidine rings is 1.